The van der Waals surface area contributed by atoms with Gasteiger partial charge in [-0.3, -0.25) is 0 Å². The van der Waals surface area contributed by atoms with Gasteiger partial charge in [-0.2, -0.15) is 0 Å². The van der Waals surface area contributed by atoms with E-state index >= 15 is 0 Å². The lowest BCUT2D eigenvalue weighted by Crippen LogP contribution is -2.31. The summed E-state index contributed by atoms with van der Waals surface area (Å²) in [5.74, 6) is 0.943. The van der Waals surface area contributed by atoms with Crippen molar-refractivity contribution in [2.75, 3.05) is 5.32 Å². The molecule has 15 heavy (non-hydrogen) atoms. The van der Waals surface area contributed by atoms with E-state index in [0.29, 0.717) is 6.04 Å². The van der Waals surface area contributed by atoms with Gasteiger partial charge in [0.15, 0.2) is 0 Å². The zero-order valence-electron chi connectivity index (χ0n) is 10.1. The Morgan fingerprint density at radius 3 is 2.47 bits per heavy atom. The third-order valence-electron chi connectivity index (χ3n) is 2.71. The van der Waals surface area contributed by atoms with Crippen molar-refractivity contribution < 1.29 is 0 Å². The largest absolute Gasteiger partial charge is 0.367 e. The maximum atomic E-state index is 4.33. The van der Waals surface area contributed by atoms with E-state index in [1.54, 1.807) is 0 Å². The van der Waals surface area contributed by atoms with Gasteiger partial charge < -0.3 is 5.32 Å². The lowest BCUT2D eigenvalue weighted by molar-refractivity contribution is 0.359. The number of hydrogen-bond donors (Lipinski definition) is 1. The summed E-state index contributed by atoms with van der Waals surface area (Å²) in [4.78, 5) is 4.33. The second-order valence-corrected chi connectivity index (χ2v) is 5.91. The van der Waals surface area contributed by atoms with E-state index in [0.717, 1.165) is 10.3 Å². The first kappa shape index (κ1) is 12.5. The molecule has 1 unspecified atom stereocenters. The van der Waals surface area contributed by atoms with Crippen molar-refractivity contribution in [2.24, 2.45) is 5.41 Å². The van der Waals surface area contributed by atoms with Crippen LogP contribution in [0.1, 0.15) is 33.3 Å². The molecule has 1 N–H and O–H groups in total. The molecular formula is C12H19BrN2. The molecule has 0 saturated carbocycles. The van der Waals surface area contributed by atoms with Crippen LogP contribution in [-0.4, -0.2) is 11.0 Å². The molecule has 1 rings (SSSR count). The maximum absolute atomic E-state index is 4.33. The first-order valence-electron chi connectivity index (χ1n) is 5.19. The highest BCUT2D eigenvalue weighted by Crippen LogP contribution is 2.23. The summed E-state index contributed by atoms with van der Waals surface area (Å²) in [6, 6.07) is 2.46. The molecule has 0 saturated heterocycles. The van der Waals surface area contributed by atoms with E-state index in [9.17, 15) is 0 Å². The molecule has 1 heterocycles. The summed E-state index contributed by atoms with van der Waals surface area (Å²) in [6.45, 7) is 10.9. The van der Waals surface area contributed by atoms with Crippen LogP contribution in [0, 0.1) is 12.3 Å². The monoisotopic (exact) mass is 270 g/mol. The van der Waals surface area contributed by atoms with Gasteiger partial charge in [0.25, 0.3) is 0 Å². The van der Waals surface area contributed by atoms with Gasteiger partial charge in [0.2, 0.25) is 0 Å². The van der Waals surface area contributed by atoms with Crippen LogP contribution in [0.25, 0.3) is 0 Å². The molecule has 0 aliphatic carbocycles. The Bertz CT molecular complexity index is 342. The number of rotatable bonds is 2. The van der Waals surface area contributed by atoms with Crippen LogP contribution < -0.4 is 5.32 Å². The average Bonchev–Trinajstić information content (AvgIpc) is 2.10. The van der Waals surface area contributed by atoms with E-state index in [4.69, 9.17) is 0 Å². The molecule has 0 fully saturated rings. The molecule has 3 heteroatoms. The smallest absolute Gasteiger partial charge is 0.126 e. The van der Waals surface area contributed by atoms with Crippen LogP contribution in [0.15, 0.2) is 16.7 Å². The second-order valence-electron chi connectivity index (χ2n) is 5.05. The molecule has 0 radical (unpaired) electrons. The van der Waals surface area contributed by atoms with Crippen molar-refractivity contribution in [1.82, 2.24) is 4.98 Å². The number of halogens is 1. The normalized spacial score (nSPS) is 13.7. The first-order valence-corrected chi connectivity index (χ1v) is 5.98. The molecule has 0 amide bonds. The third kappa shape index (κ3) is 3.49. The Balaban J connectivity index is 2.78. The lowest BCUT2D eigenvalue weighted by atomic mass is 9.88. The van der Waals surface area contributed by atoms with Crippen molar-refractivity contribution in [2.45, 2.75) is 40.7 Å². The minimum absolute atomic E-state index is 0.239. The second kappa shape index (κ2) is 4.52. The molecule has 1 aromatic heterocycles. The van der Waals surface area contributed by atoms with E-state index < -0.39 is 0 Å². The SMILES string of the molecule is Cc1cc(NC(C)C(C)(C)C)ncc1Br. The quantitative estimate of drug-likeness (QED) is 0.879. The van der Waals surface area contributed by atoms with Gasteiger partial charge >= 0.3 is 0 Å². The van der Waals surface area contributed by atoms with E-state index in [-0.39, 0.29) is 5.41 Å². The van der Waals surface area contributed by atoms with Crippen LogP contribution in [0.5, 0.6) is 0 Å². The topological polar surface area (TPSA) is 24.9 Å². The van der Waals surface area contributed by atoms with Crippen molar-refractivity contribution in [3.8, 4) is 0 Å². The fourth-order valence-electron chi connectivity index (χ4n) is 1.06. The van der Waals surface area contributed by atoms with Crippen LogP contribution >= 0.6 is 15.9 Å². The summed E-state index contributed by atoms with van der Waals surface area (Å²) < 4.78 is 1.05. The number of nitrogens with zero attached hydrogens (tertiary/aromatic N) is 1. The lowest BCUT2D eigenvalue weighted by Gasteiger charge is -2.28. The Morgan fingerprint density at radius 1 is 1.40 bits per heavy atom. The number of anilines is 1. The van der Waals surface area contributed by atoms with Crippen molar-refractivity contribution in [3.63, 3.8) is 0 Å². The zero-order valence-corrected chi connectivity index (χ0v) is 11.6. The number of aromatic nitrogens is 1. The van der Waals surface area contributed by atoms with E-state index in [2.05, 4.69) is 66.9 Å². The van der Waals surface area contributed by atoms with Gasteiger partial charge in [-0.25, -0.2) is 4.98 Å². The fourth-order valence-corrected chi connectivity index (χ4v) is 1.27. The van der Waals surface area contributed by atoms with E-state index in [1.807, 2.05) is 6.20 Å². The minimum atomic E-state index is 0.239. The standard InChI is InChI=1S/C12H19BrN2/c1-8-6-11(14-7-10(8)13)15-9(2)12(3,4)5/h6-7,9H,1-5H3,(H,14,15). The Labute approximate surface area is 101 Å². The first-order chi connectivity index (χ1) is 6.80. The summed E-state index contributed by atoms with van der Waals surface area (Å²) >= 11 is 3.44. The van der Waals surface area contributed by atoms with Crippen LogP contribution in [0.4, 0.5) is 5.82 Å². The van der Waals surface area contributed by atoms with Gasteiger partial charge in [-0.1, -0.05) is 20.8 Å². The zero-order chi connectivity index (χ0) is 11.6. The Hall–Kier alpha value is -0.570. The van der Waals surface area contributed by atoms with Crippen LogP contribution in [0.2, 0.25) is 0 Å². The third-order valence-corrected chi connectivity index (χ3v) is 3.54. The Morgan fingerprint density at radius 2 is 2.00 bits per heavy atom. The van der Waals surface area contributed by atoms with E-state index in [1.165, 1.54) is 5.56 Å². The number of pyridine rings is 1. The molecule has 1 atom stereocenters. The van der Waals surface area contributed by atoms with Gasteiger partial charge in [0.05, 0.1) is 0 Å². The predicted octanol–water partition coefficient (Wildman–Crippen LogP) is 4.00. The van der Waals surface area contributed by atoms with Crippen molar-refractivity contribution in [3.05, 3.63) is 22.3 Å². The Kier molecular flexibility index (Phi) is 3.77. The molecule has 2 nitrogen and oxygen atoms in total. The summed E-state index contributed by atoms with van der Waals surface area (Å²) in [6.07, 6.45) is 1.84. The number of aryl methyl sites for hydroxylation is 1. The fraction of sp³-hybridized carbons (Fsp3) is 0.583. The van der Waals surface area contributed by atoms with Gasteiger partial charge in [0, 0.05) is 16.7 Å². The molecule has 0 aliphatic heterocycles. The van der Waals surface area contributed by atoms with Gasteiger partial charge in [-0.15, -0.1) is 0 Å². The number of nitrogens with one attached hydrogen (secondary N) is 1. The molecule has 0 aromatic carbocycles. The van der Waals surface area contributed by atoms with Gasteiger partial charge in [-0.05, 0) is 46.8 Å². The molecule has 84 valence electrons. The highest BCUT2D eigenvalue weighted by Gasteiger charge is 2.19. The van der Waals surface area contributed by atoms with Gasteiger partial charge in [0.1, 0.15) is 5.82 Å². The van der Waals surface area contributed by atoms with Crippen LogP contribution in [-0.2, 0) is 0 Å². The number of hydrogen-bond acceptors (Lipinski definition) is 2. The summed E-state index contributed by atoms with van der Waals surface area (Å²) in [5.41, 5.74) is 1.44. The summed E-state index contributed by atoms with van der Waals surface area (Å²) in [5, 5.41) is 3.42. The molecule has 0 bridgehead atoms. The highest BCUT2D eigenvalue weighted by atomic mass is 79.9. The molecular weight excluding hydrogens is 252 g/mol. The van der Waals surface area contributed by atoms with Crippen molar-refractivity contribution >= 4 is 21.7 Å². The van der Waals surface area contributed by atoms with Crippen LogP contribution in [0.3, 0.4) is 0 Å². The highest BCUT2D eigenvalue weighted by molar-refractivity contribution is 9.10. The average molecular weight is 271 g/mol. The molecule has 0 aliphatic rings. The van der Waals surface area contributed by atoms with Crippen molar-refractivity contribution in [1.29, 1.82) is 0 Å². The maximum Gasteiger partial charge on any atom is 0.126 e. The summed E-state index contributed by atoms with van der Waals surface area (Å²) in [7, 11) is 0. The minimum Gasteiger partial charge on any atom is -0.367 e. The predicted molar refractivity (Wildman–Crippen MR) is 69.2 cm³/mol. The molecule has 0 spiro atoms. The molecule has 1 aromatic rings.